The quantitative estimate of drug-likeness (QED) is 0.655. The van der Waals surface area contributed by atoms with Gasteiger partial charge in [0.15, 0.2) is 0 Å². The molecular formula is C12H16FN3O3. The molecule has 0 aliphatic rings. The van der Waals surface area contributed by atoms with Crippen molar-refractivity contribution >= 4 is 17.3 Å². The summed E-state index contributed by atoms with van der Waals surface area (Å²) in [6.45, 7) is 3.96. The van der Waals surface area contributed by atoms with Gasteiger partial charge in [-0.2, -0.15) is 0 Å². The van der Waals surface area contributed by atoms with Crippen molar-refractivity contribution < 1.29 is 14.1 Å². The molecule has 0 bridgehead atoms. The molecule has 0 fully saturated rings. The molecule has 0 aromatic heterocycles. The summed E-state index contributed by atoms with van der Waals surface area (Å²) in [5.74, 6) is -0.886. The van der Waals surface area contributed by atoms with Gasteiger partial charge in [0.2, 0.25) is 5.91 Å². The van der Waals surface area contributed by atoms with E-state index in [1.54, 1.807) is 14.0 Å². The molecule has 1 N–H and O–H groups in total. The zero-order valence-corrected chi connectivity index (χ0v) is 11.0. The number of nitrogens with one attached hydrogen (secondary N) is 1. The first kappa shape index (κ1) is 14.9. The van der Waals surface area contributed by atoms with Crippen LogP contribution < -0.4 is 5.32 Å². The second kappa shape index (κ2) is 6.12. The van der Waals surface area contributed by atoms with Crippen LogP contribution in [0.15, 0.2) is 18.2 Å². The van der Waals surface area contributed by atoms with Crippen molar-refractivity contribution in [1.29, 1.82) is 0 Å². The van der Waals surface area contributed by atoms with E-state index in [0.717, 1.165) is 12.1 Å². The number of amides is 1. The van der Waals surface area contributed by atoms with Crippen LogP contribution >= 0.6 is 0 Å². The first-order valence-corrected chi connectivity index (χ1v) is 5.82. The van der Waals surface area contributed by atoms with E-state index in [4.69, 9.17) is 0 Å². The molecule has 0 radical (unpaired) electrons. The van der Waals surface area contributed by atoms with Gasteiger partial charge in [-0.25, -0.2) is 4.39 Å². The minimum Gasteiger partial charge on any atom is -0.368 e. The summed E-state index contributed by atoms with van der Waals surface area (Å²) in [4.78, 5) is 23.5. The Morgan fingerprint density at radius 2 is 2.21 bits per heavy atom. The Kier molecular flexibility index (Phi) is 4.80. The fourth-order valence-corrected chi connectivity index (χ4v) is 1.56. The molecule has 6 nitrogen and oxygen atoms in total. The fourth-order valence-electron chi connectivity index (χ4n) is 1.56. The van der Waals surface area contributed by atoms with E-state index >= 15 is 0 Å². The smallest absolute Gasteiger partial charge is 0.295 e. The molecule has 1 rings (SSSR count). The molecule has 0 aliphatic carbocycles. The fraction of sp³-hybridized carbons (Fsp3) is 0.417. The number of anilines is 1. The maximum absolute atomic E-state index is 13.0. The van der Waals surface area contributed by atoms with E-state index in [1.165, 1.54) is 11.0 Å². The van der Waals surface area contributed by atoms with Gasteiger partial charge in [0.05, 0.1) is 11.0 Å². The highest BCUT2D eigenvalue weighted by molar-refractivity contribution is 5.84. The van der Waals surface area contributed by atoms with Crippen molar-refractivity contribution in [2.45, 2.75) is 19.9 Å². The van der Waals surface area contributed by atoms with Crippen molar-refractivity contribution in [3.05, 3.63) is 34.1 Å². The average Bonchev–Trinajstić information content (AvgIpc) is 2.38. The van der Waals surface area contributed by atoms with Gasteiger partial charge in [0, 0.05) is 13.6 Å². The minimum atomic E-state index is -0.693. The van der Waals surface area contributed by atoms with Gasteiger partial charge in [-0.15, -0.1) is 0 Å². The summed E-state index contributed by atoms with van der Waals surface area (Å²) in [6.07, 6.45) is 0. The Balaban J connectivity index is 2.93. The predicted octanol–water partition coefficient (Wildman–Crippen LogP) is 2.01. The van der Waals surface area contributed by atoms with Gasteiger partial charge in [-0.3, -0.25) is 14.9 Å². The number of benzene rings is 1. The van der Waals surface area contributed by atoms with Crippen LogP contribution in [0.4, 0.5) is 15.8 Å². The number of hydrogen-bond donors (Lipinski definition) is 1. The highest BCUT2D eigenvalue weighted by Gasteiger charge is 2.21. The Hall–Kier alpha value is -2.18. The van der Waals surface area contributed by atoms with Crippen LogP contribution in [-0.4, -0.2) is 35.4 Å². The van der Waals surface area contributed by atoms with Gasteiger partial charge in [0.25, 0.3) is 5.69 Å². The van der Waals surface area contributed by atoms with Gasteiger partial charge in [-0.1, -0.05) is 0 Å². The number of likely N-dealkylation sites (N-methyl/N-ethyl adjacent to an activating group) is 1. The number of rotatable bonds is 5. The van der Waals surface area contributed by atoms with E-state index in [1.807, 2.05) is 6.92 Å². The van der Waals surface area contributed by atoms with E-state index in [9.17, 15) is 19.3 Å². The van der Waals surface area contributed by atoms with E-state index in [-0.39, 0.29) is 17.3 Å². The van der Waals surface area contributed by atoms with Crippen LogP contribution in [0, 0.1) is 15.9 Å². The Morgan fingerprint density at radius 1 is 1.58 bits per heavy atom. The normalized spacial score (nSPS) is 11.8. The number of nitrogens with zero attached hydrogens (tertiary/aromatic N) is 2. The molecule has 104 valence electrons. The summed E-state index contributed by atoms with van der Waals surface area (Å²) < 4.78 is 13.0. The number of nitro benzene ring substituents is 1. The van der Waals surface area contributed by atoms with Gasteiger partial charge < -0.3 is 10.2 Å². The average molecular weight is 269 g/mol. The van der Waals surface area contributed by atoms with Crippen LogP contribution in [0.5, 0.6) is 0 Å². The maximum atomic E-state index is 13.0. The summed E-state index contributed by atoms with van der Waals surface area (Å²) in [6, 6.07) is 2.55. The largest absolute Gasteiger partial charge is 0.368 e. The lowest BCUT2D eigenvalue weighted by Crippen LogP contribution is -2.38. The van der Waals surface area contributed by atoms with Gasteiger partial charge in [-0.05, 0) is 26.0 Å². The second-order valence-corrected chi connectivity index (χ2v) is 4.14. The lowest BCUT2D eigenvalue weighted by molar-refractivity contribution is -0.384. The predicted molar refractivity (Wildman–Crippen MR) is 69.5 cm³/mol. The molecule has 0 saturated heterocycles. The highest BCUT2D eigenvalue weighted by atomic mass is 19.1. The SMILES string of the molecule is CCN(C)C(=O)C(C)Nc1ccc(F)cc1[N+](=O)[O-]. The molecule has 1 unspecified atom stereocenters. The van der Waals surface area contributed by atoms with Crippen molar-refractivity contribution in [2.24, 2.45) is 0 Å². The van der Waals surface area contributed by atoms with Crippen LogP contribution in [-0.2, 0) is 4.79 Å². The maximum Gasteiger partial charge on any atom is 0.295 e. The molecule has 1 atom stereocenters. The van der Waals surface area contributed by atoms with E-state index < -0.39 is 16.8 Å². The molecule has 1 amide bonds. The summed E-state index contributed by atoms with van der Waals surface area (Å²) in [7, 11) is 1.64. The lowest BCUT2D eigenvalue weighted by Gasteiger charge is -2.21. The molecular weight excluding hydrogens is 253 g/mol. The van der Waals surface area contributed by atoms with E-state index in [0.29, 0.717) is 6.54 Å². The summed E-state index contributed by atoms with van der Waals surface area (Å²) in [5, 5.41) is 13.6. The van der Waals surface area contributed by atoms with Crippen LogP contribution in [0.3, 0.4) is 0 Å². The van der Waals surface area contributed by atoms with Gasteiger partial charge in [0.1, 0.15) is 17.5 Å². The molecule has 7 heteroatoms. The summed E-state index contributed by atoms with van der Waals surface area (Å²) in [5.41, 5.74) is -0.268. The van der Waals surface area contributed by atoms with Crippen molar-refractivity contribution in [2.75, 3.05) is 18.9 Å². The minimum absolute atomic E-state index is 0.122. The number of carbonyl (C=O) groups excluding carboxylic acids is 1. The van der Waals surface area contributed by atoms with Crippen molar-refractivity contribution in [1.82, 2.24) is 4.90 Å². The zero-order valence-electron chi connectivity index (χ0n) is 11.0. The van der Waals surface area contributed by atoms with Crippen LogP contribution in [0.2, 0.25) is 0 Å². The molecule has 1 aromatic rings. The molecule has 19 heavy (non-hydrogen) atoms. The topological polar surface area (TPSA) is 75.5 Å². The first-order chi connectivity index (χ1) is 8.86. The first-order valence-electron chi connectivity index (χ1n) is 5.82. The number of carbonyl (C=O) groups is 1. The van der Waals surface area contributed by atoms with Crippen LogP contribution in [0.1, 0.15) is 13.8 Å². The van der Waals surface area contributed by atoms with Crippen molar-refractivity contribution in [3.8, 4) is 0 Å². The third-order valence-corrected chi connectivity index (χ3v) is 2.75. The van der Waals surface area contributed by atoms with E-state index in [2.05, 4.69) is 5.32 Å². The number of halogens is 1. The Labute approximate surface area is 110 Å². The Bertz CT molecular complexity index is 493. The molecule has 0 heterocycles. The Morgan fingerprint density at radius 3 is 2.74 bits per heavy atom. The third kappa shape index (κ3) is 3.64. The van der Waals surface area contributed by atoms with Gasteiger partial charge >= 0.3 is 0 Å². The standard InChI is InChI=1S/C12H16FN3O3/c1-4-15(3)12(17)8(2)14-10-6-5-9(13)7-11(10)16(18)19/h5-8,14H,4H2,1-3H3. The lowest BCUT2D eigenvalue weighted by atomic mass is 10.2. The molecule has 0 spiro atoms. The van der Waals surface area contributed by atoms with Crippen molar-refractivity contribution in [3.63, 3.8) is 0 Å². The number of nitro groups is 1. The molecule has 0 saturated carbocycles. The molecule has 1 aromatic carbocycles. The zero-order chi connectivity index (χ0) is 14.6. The monoisotopic (exact) mass is 269 g/mol. The highest BCUT2D eigenvalue weighted by Crippen LogP contribution is 2.25. The summed E-state index contributed by atoms with van der Waals surface area (Å²) >= 11 is 0. The second-order valence-electron chi connectivity index (χ2n) is 4.14. The molecule has 0 aliphatic heterocycles. The number of hydrogen-bond acceptors (Lipinski definition) is 4. The van der Waals surface area contributed by atoms with Crippen LogP contribution in [0.25, 0.3) is 0 Å². The third-order valence-electron chi connectivity index (χ3n) is 2.75.